The number of carbonyl (C=O) groups is 2. The van der Waals surface area contributed by atoms with Gasteiger partial charge in [-0.05, 0) is 30.2 Å². The number of hydrogen-bond donors (Lipinski definition) is 4. The second-order valence-electron chi connectivity index (χ2n) is 4.97. The highest BCUT2D eigenvalue weighted by Gasteiger charge is 2.24. The van der Waals surface area contributed by atoms with Gasteiger partial charge in [-0.25, -0.2) is 4.79 Å². The van der Waals surface area contributed by atoms with Crippen molar-refractivity contribution in [1.29, 1.82) is 5.26 Å². The molecule has 1 unspecified atom stereocenters. The van der Waals surface area contributed by atoms with E-state index in [0.29, 0.717) is 11.4 Å². The molecule has 0 bridgehead atoms. The fourth-order valence-electron chi connectivity index (χ4n) is 1.62. The first-order valence-electron chi connectivity index (χ1n) is 6.61. The first kappa shape index (κ1) is 17.0. The van der Waals surface area contributed by atoms with Crippen LogP contribution in [0.4, 0.5) is 11.4 Å². The number of benzene rings is 1. The summed E-state index contributed by atoms with van der Waals surface area (Å²) in [5, 5.41) is 23.2. The lowest BCUT2D eigenvalue weighted by Crippen LogP contribution is -2.44. The molecule has 0 aliphatic heterocycles. The van der Waals surface area contributed by atoms with Gasteiger partial charge in [-0.2, -0.15) is 5.26 Å². The monoisotopic (exact) mass is 302 g/mol. The molecule has 116 valence electrons. The predicted molar refractivity (Wildman–Crippen MR) is 82.6 cm³/mol. The second-order valence-corrected chi connectivity index (χ2v) is 4.97. The smallest absolute Gasteiger partial charge is 0.326 e. The minimum Gasteiger partial charge on any atom is -0.480 e. The van der Waals surface area contributed by atoms with Crippen LogP contribution in [-0.2, 0) is 9.59 Å². The minimum atomic E-state index is -1.15. The number of nitrogen functional groups attached to an aromatic ring is 1. The van der Waals surface area contributed by atoms with E-state index >= 15 is 0 Å². The molecule has 1 atom stereocenters. The summed E-state index contributed by atoms with van der Waals surface area (Å²) < 4.78 is 0. The van der Waals surface area contributed by atoms with E-state index in [4.69, 9.17) is 16.1 Å². The summed E-state index contributed by atoms with van der Waals surface area (Å²) in [6.07, 6.45) is 1.22. The summed E-state index contributed by atoms with van der Waals surface area (Å²) in [7, 11) is 0. The zero-order valence-corrected chi connectivity index (χ0v) is 12.3. The van der Waals surface area contributed by atoms with Gasteiger partial charge in [-0.15, -0.1) is 0 Å². The van der Waals surface area contributed by atoms with E-state index in [1.807, 2.05) is 0 Å². The maximum Gasteiger partial charge on any atom is 0.326 e. The Morgan fingerprint density at radius 3 is 2.36 bits per heavy atom. The van der Waals surface area contributed by atoms with Gasteiger partial charge in [0.05, 0.1) is 0 Å². The molecule has 1 rings (SSSR count). The molecule has 1 aromatic rings. The van der Waals surface area contributed by atoms with Crippen LogP contribution < -0.4 is 16.4 Å². The molecule has 5 N–H and O–H groups in total. The van der Waals surface area contributed by atoms with Gasteiger partial charge in [0.25, 0.3) is 5.91 Å². The van der Waals surface area contributed by atoms with Gasteiger partial charge in [-0.1, -0.05) is 13.8 Å². The number of nitrogens with two attached hydrogens (primary N) is 1. The first-order valence-corrected chi connectivity index (χ1v) is 6.61. The highest BCUT2D eigenvalue weighted by atomic mass is 16.4. The summed E-state index contributed by atoms with van der Waals surface area (Å²) in [5.41, 5.74) is 6.57. The summed E-state index contributed by atoms with van der Waals surface area (Å²) in [6.45, 7) is 3.34. The van der Waals surface area contributed by atoms with Crippen molar-refractivity contribution in [1.82, 2.24) is 5.32 Å². The lowest BCUT2D eigenvalue weighted by molar-refractivity contribution is -0.142. The van der Waals surface area contributed by atoms with Crippen LogP contribution in [0, 0.1) is 17.2 Å². The normalized spacial score (nSPS) is 12.4. The molecule has 22 heavy (non-hydrogen) atoms. The molecule has 0 saturated carbocycles. The van der Waals surface area contributed by atoms with E-state index in [1.165, 1.54) is 6.20 Å². The molecule has 0 spiro atoms. The Morgan fingerprint density at radius 2 is 1.91 bits per heavy atom. The van der Waals surface area contributed by atoms with Crippen LogP contribution in [-0.4, -0.2) is 23.0 Å². The number of nitriles is 1. The number of nitrogens with zero attached hydrogens (tertiary/aromatic N) is 1. The fraction of sp³-hybridized carbons (Fsp3) is 0.267. The van der Waals surface area contributed by atoms with Gasteiger partial charge in [0.15, 0.2) is 0 Å². The zero-order valence-electron chi connectivity index (χ0n) is 12.3. The average Bonchev–Trinajstić information content (AvgIpc) is 2.46. The molecular weight excluding hydrogens is 284 g/mol. The highest BCUT2D eigenvalue weighted by molar-refractivity contribution is 5.99. The van der Waals surface area contributed by atoms with Gasteiger partial charge < -0.3 is 21.5 Å². The summed E-state index contributed by atoms with van der Waals surface area (Å²) in [5.74, 6) is -2.19. The van der Waals surface area contributed by atoms with Crippen molar-refractivity contribution in [2.45, 2.75) is 19.9 Å². The summed E-state index contributed by atoms with van der Waals surface area (Å²) in [6, 6.07) is 7.39. The molecule has 7 nitrogen and oxygen atoms in total. The second kappa shape index (κ2) is 7.69. The summed E-state index contributed by atoms with van der Waals surface area (Å²) >= 11 is 0. The molecule has 0 aliphatic rings. The van der Waals surface area contributed by atoms with E-state index in [9.17, 15) is 9.59 Å². The van der Waals surface area contributed by atoms with Crippen LogP contribution in [0.15, 0.2) is 36.0 Å². The molecule has 7 heteroatoms. The minimum absolute atomic E-state index is 0.219. The van der Waals surface area contributed by atoms with E-state index < -0.39 is 17.9 Å². The van der Waals surface area contributed by atoms with E-state index in [0.717, 1.165) is 0 Å². The number of carboxylic acids is 1. The van der Waals surface area contributed by atoms with Crippen LogP contribution in [0.1, 0.15) is 13.8 Å². The number of carboxylic acid groups (broad SMARTS) is 1. The maximum atomic E-state index is 11.9. The van der Waals surface area contributed by atoms with Crippen LogP contribution in [0.2, 0.25) is 0 Å². The van der Waals surface area contributed by atoms with Crippen LogP contribution in [0.25, 0.3) is 0 Å². The Kier molecular flexibility index (Phi) is 5.96. The Labute approximate surface area is 128 Å². The van der Waals surface area contributed by atoms with Gasteiger partial charge in [0, 0.05) is 17.6 Å². The highest BCUT2D eigenvalue weighted by Crippen LogP contribution is 2.11. The van der Waals surface area contributed by atoms with Crippen LogP contribution in [0.3, 0.4) is 0 Å². The number of anilines is 2. The quantitative estimate of drug-likeness (QED) is 0.356. The molecule has 0 aliphatic carbocycles. The van der Waals surface area contributed by atoms with Crippen LogP contribution in [0.5, 0.6) is 0 Å². The van der Waals surface area contributed by atoms with Crippen molar-refractivity contribution in [3.63, 3.8) is 0 Å². The van der Waals surface area contributed by atoms with Crippen molar-refractivity contribution < 1.29 is 14.7 Å². The predicted octanol–water partition coefficient (Wildman–Crippen LogP) is 1.31. The lowest BCUT2D eigenvalue weighted by atomic mass is 10.0. The Balaban J connectivity index is 2.80. The van der Waals surface area contributed by atoms with Crippen molar-refractivity contribution in [2.24, 2.45) is 5.92 Å². The van der Waals surface area contributed by atoms with Crippen LogP contribution >= 0.6 is 0 Å². The third-order valence-electron chi connectivity index (χ3n) is 2.88. The van der Waals surface area contributed by atoms with Gasteiger partial charge in [0.1, 0.15) is 17.7 Å². The number of amides is 1. The van der Waals surface area contributed by atoms with Crippen molar-refractivity contribution >= 4 is 23.3 Å². The molecule has 0 heterocycles. The molecule has 1 amide bonds. The third-order valence-corrected chi connectivity index (χ3v) is 2.88. The Morgan fingerprint density at radius 1 is 1.32 bits per heavy atom. The first-order chi connectivity index (χ1) is 10.3. The molecule has 0 aromatic heterocycles. The SMILES string of the molecule is CC(C)C(NC(=O)/C(C#N)=C\Nc1ccc(N)cc1)C(=O)O. The Hall–Kier alpha value is -3.01. The molecule has 0 radical (unpaired) electrons. The summed E-state index contributed by atoms with van der Waals surface area (Å²) in [4.78, 5) is 23.0. The van der Waals surface area contributed by atoms with E-state index in [-0.39, 0.29) is 11.5 Å². The van der Waals surface area contributed by atoms with Crippen molar-refractivity contribution in [2.75, 3.05) is 11.1 Å². The standard InChI is InChI=1S/C15H18N4O3/c1-9(2)13(15(21)22)19-14(20)10(7-16)8-18-12-5-3-11(17)4-6-12/h3-6,8-9,13,18H,17H2,1-2H3,(H,19,20)(H,21,22)/b10-8-. The number of carbonyl (C=O) groups excluding carboxylic acids is 1. The zero-order chi connectivity index (χ0) is 16.7. The lowest BCUT2D eigenvalue weighted by Gasteiger charge is -2.17. The van der Waals surface area contributed by atoms with Gasteiger partial charge >= 0.3 is 5.97 Å². The number of nitrogens with one attached hydrogen (secondary N) is 2. The number of aliphatic carboxylic acids is 1. The van der Waals surface area contributed by atoms with Crippen molar-refractivity contribution in [3.8, 4) is 6.07 Å². The average molecular weight is 302 g/mol. The molecular formula is C15H18N4O3. The molecule has 1 aromatic carbocycles. The third kappa shape index (κ3) is 4.83. The largest absolute Gasteiger partial charge is 0.480 e. The molecule has 0 saturated heterocycles. The van der Waals surface area contributed by atoms with Gasteiger partial charge in [-0.3, -0.25) is 4.79 Å². The number of rotatable bonds is 6. The Bertz CT molecular complexity index is 615. The number of hydrogen-bond acceptors (Lipinski definition) is 5. The van der Waals surface area contributed by atoms with Crippen molar-refractivity contribution in [3.05, 3.63) is 36.0 Å². The van der Waals surface area contributed by atoms with Gasteiger partial charge in [0.2, 0.25) is 0 Å². The molecule has 0 fully saturated rings. The topological polar surface area (TPSA) is 128 Å². The van der Waals surface area contributed by atoms with E-state index in [2.05, 4.69) is 10.6 Å². The fourth-order valence-corrected chi connectivity index (χ4v) is 1.62. The maximum absolute atomic E-state index is 11.9. The van der Waals surface area contributed by atoms with E-state index in [1.54, 1.807) is 44.2 Å².